The molecule has 0 aliphatic carbocycles. The number of halogens is 1. The first-order chi connectivity index (χ1) is 10.1. The Bertz CT molecular complexity index is 693. The molecule has 2 N–H and O–H groups in total. The van der Waals surface area contributed by atoms with E-state index in [-0.39, 0.29) is 12.5 Å². The van der Waals surface area contributed by atoms with E-state index in [1.54, 1.807) is 36.0 Å². The van der Waals surface area contributed by atoms with Crippen molar-refractivity contribution in [3.63, 3.8) is 0 Å². The monoisotopic (exact) mass is 302 g/mol. The Kier molecular flexibility index (Phi) is 5.04. The van der Waals surface area contributed by atoms with Crippen LogP contribution in [0.4, 0.5) is 5.69 Å². The fourth-order valence-electron chi connectivity index (χ4n) is 1.80. The molecule has 108 valence electrons. The summed E-state index contributed by atoms with van der Waals surface area (Å²) in [5, 5.41) is 12.0. The predicted molar refractivity (Wildman–Crippen MR) is 83.4 cm³/mol. The molecule has 1 amide bonds. The maximum absolute atomic E-state index is 12.1. The molecule has 0 unspecified atom stereocenters. The van der Waals surface area contributed by atoms with Crippen LogP contribution in [0.3, 0.4) is 0 Å². The lowest BCUT2D eigenvalue weighted by atomic mass is 10.2. The molecular weight excluding hydrogens is 288 g/mol. The van der Waals surface area contributed by atoms with Gasteiger partial charge < -0.3 is 15.0 Å². The molecule has 0 aliphatic rings. The zero-order valence-electron chi connectivity index (χ0n) is 11.6. The number of hydrogen-bond acceptors (Lipinski definition) is 2. The number of benzene rings is 1. The van der Waals surface area contributed by atoms with Gasteiger partial charge in [0.25, 0.3) is 5.91 Å². The van der Waals surface area contributed by atoms with Crippen molar-refractivity contribution in [1.82, 2.24) is 4.57 Å². The number of aromatic nitrogens is 1. The average Bonchev–Trinajstić information content (AvgIpc) is 2.80. The number of amides is 1. The fourth-order valence-corrected chi connectivity index (χ4v) is 2.05. The molecule has 21 heavy (non-hydrogen) atoms. The maximum atomic E-state index is 12.1. The molecule has 1 aromatic heterocycles. The summed E-state index contributed by atoms with van der Waals surface area (Å²) in [6.45, 7) is 0.0559. The SMILES string of the molecule is Cn1cc(Cl)cc1C(=O)Nc1ccc(C#CCCO)cc1. The normalized spacial score (nSPS) is 9.86. The number of aliphatic hydroxyl groups is 1. The van der Waals surface area contributed by atoms with Crippen molar-refractivity contribution in [1.29, 1.82) is 0 Å². The van der Waals surface area contributed by atoms with Gasteiger partial charge in [-0.1, -0.05) is 23.4 Å². The highest BCUT2D eigenvalue weighted by atomic mass is 35.5. The van der Waals surface area contributed by atoms with E-state index in [9.17, 15) is 4.79 Å². The van der Waals surface area contributed by atoms with Crippen molar-refractivity contribution < 1.29 is 9.90 Å². The van der Waals surface area contributed by atoms with Crippen LogP contribution in [0.5, 0.6) is 0 Å². The Morgan fingerprint density at radius 3 is 2.67 bits per heavy atom. The van der Waals surface area contributed by atoms with Crippen molar-refractivity contribution in [2.75, 3.05) is 11.9 Å². The highest BCUT2D eigenvalue weighted by Gasteiger charge is 2.11. The van der Waals surface area contributed by atoms with E-state index in [0.717, 1.165) is 5.56 Å². The standard InChI is InChI=1S/C16H15ClN2O2/c1-19-11-13(17)10-15(19)16(21)18-14-7-5-12(6-8-14)4-2-3-9-20/h5-8,10-11,20H,3,9H2,1H3,(H,18,21). The number of aliphatic hydroxyl groups excluding tert-OH is 1. The van der Waals surface area contributed by atoms with Crippen LogP contribution < -0.4 is 5.32 Å². The minimum Gasteiger partial charge on any atom is -0.395 e. The quantitative estimate of drug-likeness (QED) is 0.857. The smallest absolute Gasteiger partial charge is 0.272 e. The summed E-state index contributed by atoms with van der Waals surface area (Å²) in [6.07, 6.45) is 2.13. The molecule has 1 aromatic carbocycles. The summed E-state index contributed by atoms with van der Waals surface area (Å²) < 4.78 is 1.67. The van der Waals surface area contributed by atoms with Crippen LogP contribution in [0.2, 0.25) is 5.02 Å². The third-order valence-corrected chi connectivity index (χ3v) is 3.02. The number of hydrogen-bond donors (Lipinski definition) is 2. The molecule has 4 nitrogen and oxygen atoms in total. The number of carbonyl (C=O) groups is 1. The molecule has 5 heteroatoms. The van der Waals surface area contributed by atoms with Gasteiger partial charge in [-0.3, -0.25) is 4.79 Å². The van der Waals surface area contributed by atoms with E-state index in [4.69, 9.17) is 16.7 Å². The van der Waals surface area contributed by atoms with E-state index in [1.165, 1.54) is 0 Å². The molecule has 0 spiro atoms. The molecule has 2 rings (SSSR count). The maximum Gasteiger partial charge on any atom is 0.272 e. The first-order valence-electron chi connectivity index (χ1n) is 6.43. The van der Waals surface area contributed by atoms with Gasteiger partial charge >= 0.3 is 0 Å². The van der Waals surface area contributed by atoms with Gasteiger partial charge in [-0.05, 0) is 30.3 Å². The number of anilines is 1. The third-order valence-electron chi connectivity index (χ3n) is 2.82. The predicted octanol–water partition coefficient (Wildman–Crippen LogP) is 2.66. The lowest BCUT2D eigenvalue weighted by molar-refractivity contribution is 0.101. The molecule has 0 fully saturated rings. The highest BCUT2D eigenvalue weighted by Crippen LogP contribution is 2.15. The second kappa shape index (κ2) is 6.98. The Morgan fingerprint density at radius 2 is 2.10 bits per heavy atom. The number of rotatable bonds is 3. The average molecular weight is 303 g/mol. The van der Waals surface area contributed by atoms with Crippen LogP contribution in [-0.2, 0) is 7.05 Å². The van der Waals surface area contributed by atoms with E-state index in [1.807, 2.05) is 12.1 Å². The van der Waals surface area contributed by atoms with Gasteiger partial charge in [0, 0.05) is 30.9 Å². The Labute approximate surface area is 128 Å². The van der Waals surface area contributed by atoms with Gasteiger partial charge in [0.1, 0.15) is 5.69 Å². The van der Waals surface area contributed by atoms with E-state index >= 15 is 0 Å². The lowest BCUT2D eigenvalue weighted by Crippen LogP contribution is -2.15. The summed E-state index contributed by atoms with van der Waals surface area (Å²) >= 11 is 5.86. The molecule has 0 saturated carbocycles. The van der Waals surface area contributed by atoms with Crippen LogP contribution >= 0.6 is 11.6 Å². The van der Waals surface area contributed by atoms with Crippen molar-refractivity contribution in [3.8, 4) is 11.8 Å². The van der Waals surface area contributed by atoms with Crippen LogP contribution in [0, 0.1) is 11.8 Å². The van der Waals surface area contributed by atoms with Gasteiger partial charge in [0.15, 0.2) is 0 Å². The van der Waals surface area contributed by atoms with Gasteiger partial charge in [0.05, 0.1) is 11.6 Å². The van der Waals surface area contributed by atoms with E-state index in [0.29, 0.717) is 22.8 Å². The number of nitrogens with one attached hydrogen (secondary N) is 1. The van der Waals surface area contributed by atoms with Gasteiger partial charge in [-0.15, -0.1) is 0 Å². The van der Waals surface area contributed by atoms with Crippen molar-refractivity contribution in [2.24, 2.45) is 7.05 Å². The van der Waals surface area contributed by atoms with Gasteiger partial charge in [-0.2, -0.15) is 0 Å². The first kappa shape index (κ1) is 15.2. The minimum absolute atomic E-state index is 0.0559. The summed E-state index contributed by atoms with van der Waals surface area (Å²) in [6, 6.07) is 8.82. The zero-order valence-corrected chi connectivity index (χ0v) is 12.3. The number of aryl methyl sites for hydroxylation is 1. The molecular formula is C16H15ClN2O2. The fraction of sp³-hybridized carbons (Fsp3) is 0.188. The summed E-state index contributed by atoms with van der Waals surface area (Å²) in [5.74, 6) is 5.55. The molecule has 1 heterocycles. The Morgan fingerprint density at radius 1 is 1.38 bits per heavy atom. The molecule has 0 aliphatic heterocycles. The van der Waals surface area contributed by atoms with Crippen LogP contribution in [0.1, 0.15) is 22.5 Å². The molecule has 0 radical (unpaired) electrons. The second-order valence-electron chi connectivity index (χ2n) is 4.46. The van der Waals surface area contributed by atoms with Crippen molar-refractivity contribution in [2.45, 2.75) is 6.42 Å². The van der Waals surface area contributed by atoms with Gasteiger partial charge in [0.2, 0.25) is 0 Å². The van der Waals surface area contributed by atoms with Crippen LogP contribution in [0.25, 0.3) is 0 Å². The molecule has 2 aromatic rings. The Balaban J connectivity index is 2.05. The summed E-state index contributed by atoms with van der Waals surface area (Å²) in [5.41, 5.74) is 2.01. The van der Waals surface area contributed by atoms with Crippen LogP contribution in [-0.4, -0.2) is 22.2 Å². The molecule has 0 saturated heterocycles. The summed E-state index contributed by atoms with van der Waals surface area (Å²) in [4.78, 5) is 12.1. The lowest BCUT2D eigenvalue weighted by Gasteiger charge is -2.06. The Hall–Kier alpha value is -2.22. The second-order valence-corrected chi connectivity index (χ2v) is 4.90. The van der Waals surface area contributed by atoms with Crippen LogP contribution in [0.15, 0.2) is 36.5 Å². The first-order valence-corrected chi connectivity index (χ1v) is 6.81. The van der Waals surface area contributed by atoms with Gasteiger partial charge in [-0.25, -0.2) is 0 Å². The third kappa shape index (κ3) is 4.12. The van der Waals surface area contributed by atoms with Crippen molar-refractivity contribution in [3.05, 3.63) is 52.8 Å². The molecule has 0 atom stereocenters. The minimum atomic E-state index is -0.219. The summed E-state index contributed by atoms with van der Waals surface area (Å²) in [7, 11) is 1.76. The van der Waals surface area contributed by atoms with E-state index in [2.05, 4.69) is 17.2 Å². The molecule has 0 bridgehead atoms. The zero-order chi connectivity index (χ0) is 15.2. The number of carbonyl (C=O) groups excluding carboxylic acids is 1. The highest BCUT2D eigenvalue weighted by molar-refractivity contribution is 6.31. The van der Waals surface area contributed by atoms with E-state index < -0.39 is 0 Å². The van der Waals surface area contributed by atoms with Crippen molar-refractivity contribution >= 4 is 23.2 Å². The number of nitrogens with zero attached hydrogens (tertiary/aromatic N) is 1. The topological polar surface area (TPSA) is 54.3 Å². The largest absolute Gasteiger partial charge is 0.395 e.